The van der Waals surface area contributed by atoms with Gasteiger partial charge in [0.05, 0.1) is 18.0 Å². The number of hydrogen-bond donors (Lipinski definition) is 1. The van der Waals surface area contributed by atoms with Crippen molar-refractivity contribution < 1.29 is 18.0 Å². The van der Waals surface area contributed by atoms with E-state index in [4.69, 9.17) is 0 Å². The Morgan fingerprint density at radius 2 is 2.04 bits per heavy atom. The van der Waals surface area contributed by atoms with Crippen LogP contribution in [0, 0.1) is 0 Å². The van der Waals surface area contributed by atoms with E-state index in [0.29, 0.717) is 5.82 Å². The zero-order chi connectivity index (χ0) is 18.0. The number of anilines is 1. The predicted molar refractivity (Wildman–Crippen MR) is 80.1 cm³/mol. The summed E-state index contributed by atoms with van der Waals surface area (Å²) in [6, 6.07) is 2.41. The molecule has 0 saturated heterocycles. The summed E-state index contributed by atoms with van der Waals surface area (Å²) >= 11 is 0. The van der Waals surface area contributed by atoms with Gasteiger partial charge in [0.2, 0.25) is 5.91 Å². The molecule has 0 aliphatic carbocycles. The summed E-state index contributed by atoms with van der Waals surface area (Å²) in [5.74, 6) is 0.0370. The minimum Gasteiger partial charge on any atom is -0.309 e. The second kappa shape index (κ2) is 6.34. The van der Waals surface area contributed by atoms with Crippen molar-refractivity contribution in [2.24, 2.45) is 7.05 Å². The van der Waals surface area contributed by atoms with Crippen molar-refractivity contribution in [3.63, 3.8) is 0 Å². The summed E-state index contributed by atoms with van der Waals surface area (Å²) < 4.78 is 40.9. The number of carbonyl (C=O) groups is 1. The molecule has 3 rings (SSSR count). The number of nitrogens with one attached hydrogen (secondary N) is 1. The van der Waals surface area contributed by atoms with E-state index >= 15 is 0 Å². The second-order valence-corrected chi connectivity index (χ2v) is 5.08. The number of halogens is 3. The van der Waals surface area contributed by atoms with E-state index < -0.39 is 11.9 Å². The van der Waals surface area contributed by atoms with Gasteiger partial charge < -0.3 is 5.32 Å². The highest BCUT2D eigenvalue weighted by atomic mass is 19.4. The number of rotatable bonds is 4. The smallest absolute Gasteiger partial charge is 0.309 e. The lowest BCUT2D eigenvalue weighted by molar-refractivity contribution is -0.141. The van der Waals surface area contributed by atoms with E-state index in [1.165, 1.54) is 28.0 Å². The molecule has 0 atom stereocenters. The Kier molecular flexibility index (Phi) is 4.21. The van der Waals surface area contributed by atoms with Gasteiger partial charge in [0.15, 0.2) is 5.82 Å². The van der Waals surface area contributed by atoms with E-state index in [9.17, 15) is 18.0 Å². The topological polar surface area (TPSA) is 90.5 Å². The maximum atomic E-state index is 12.7. The first kappa shape index (κ1) is 16.6. The molecule has 3 heterocycles. The number of alkyl halides is 3. The lowest BCUT2D eigenvalue weighted by Gasteiger charge is -2.06. The Bertz CT molecular complexity index is 900. The highest BCUT2D eigenvalue weighted by Gasteiger charge is 2.32. The standard InChI is InChI=1S/C14H12F3N7O/c1-23-11(3-5-19-23)22-12(25)8-24-7-9(6-20-24)13-18-4-2-10(21-13)14(15,16)17/h2-7H,8H2,1H3,(H,22,25). The number of amides is 1. The first-order chi connectivity index (χ1) is 11.8. The Morgan fingerprint density at radius 3 is 2.72 bits per heavy atom. The Hall–Kier alpha value is -3.24. The number of aromatic nitrogens is 6. The highest BCUT2D eigenvalue weighted by Crippen LogP contribution is 2.28. The Morgan fingerprint density at radius 1 is 1.24 bits per heavy atom. The van der Waals surface area contributed by atoms with Crippen LogP contribution in [0.3, 0.4) is 0 Å². The van der Waals surface area contributed by atoms with E-state index in [1.807, 2.05) is 0 Å². The van der Waals surface area contributed by atoms with Gasteiger partial charge in [0.1, 0.15) is 18.1 Å². The predicted octanol–water partition coefficient (Wildman–Crippen LogP) is 1.73. The third kappa shape index (κ3) is 3.82. The molecule has 0 aromatic carbocycles. The van der Waals surface area contributed by atoms with Crippen LogP contribution in [-0.2, 0) is 24.6 Å². The van der Waals surface area contributed by atoms with Crippen LogP contribution in [0.4, 0.5) is 19.0 Å². The summed E-state index contributed by atoms with van der Waals surface area (Å²) in [4.78, 5) is 19.3. The number of nitrogens with zero attached hydrogens (tertiary/aromatic N) is 6. The average molecular weight is 351 g/mol. The van der Waals surface area contributed by atoms with Gasteiger partial charge in [-0.15, -0.1) is 0 Å². The molecular weight excluding hydrogens is 339 g/mol. The summed E-state index contributed by atoms with van der Waals surface area (Å²) in [7, 11) is 1.67. The molecule has 0 unspecified atom stereocenters. The molecule has 0 radical (unpaired) electrons. The molecule has 0 aliphatic heterocycles. The normalized spacial score (nSPS) is 11.5. The summed E-state index contributed by atoms with van der Waals surface area (Å²) in [5, 5.41) is 10.5. The summed E-state index contributed by atoms with van der Waals surface area (Å²) in [5.41, 5.74) is -0.765. The molecule has 0 bridgehead atoms. The van der Waals surface area contributed by atoms with E-state index in [0.717, 1.165) is 12.3 Å². The van der Waals surface area contributed by atoms with Gasteiger partial charge >= 0.3 is 6.18 Å². The first-order valence-corrected chi connectivity index (χ1v) is 7.04. The van der Waals surface area contributed by atoms with Crippen molar-refractivity contribution in [2.45, 2.75) is 12.7 Å². The van der Waals surface area contributed by atoms with Crippen molar-refractivity contribution >= 4 is 11.7 Å². The Balaban J connectivity index is 1.72. The Labute approximate surface area is 139 Å². The molecule has 8 nitrogen and oxygen atoms in total. The van der Waals surface area contributed by atoms with Crippen molar-refractivity contribution in [1.82, 2.24) is 29.5 Å². The minimum atomic E-state index is -4.56. The van der Waals surface area contributed by atoms with E-state index in [-0.39, 0.29) is 23.8 Å². The van der Waals surface area contributed by atoms with Crippen molar-refractivity contribution in [3.05, 3.63) is 42.6 Å². The van der Waals surface area contributed by atoms with Gasteiger partial charge in [-0.2, -0.15) is 23.4 Å². The average Bonchev–Trinajstić information content (AvgIpc) is 3.16. The maximum Gasteiger partial charge on any atom is 0.433 e. The fraction of sp³-hybridized carbons (Fsp3) is 0.214. The van der Waals surface area contributed by atoms with Crippen molar-refractivity contribution in [1.29, 1.82) is 0 Å². The van der Waals surface area contributed by atoms with E-state index in [2.05, 4.69) is 25.5 Å². The molecule has 0 aliphatic rings. The molecular formula is C14H12F3N7O. The van der Waals surface area contributed by atoms with Gasteiger partial charge in [-0.3, -0.25) is 14.2 Å². The monoisotopic (exact) mass is 351 g/mol. The van der Waals surface area contributed by atoms with Crippen molar-refractivity contribution in [3.8, 4) is 11.4 Å². The van der Waals surface area contributed by atoms with Crippen LogP contribution in [0.2, 0.25) is 0 Å². The fourth-order valence-corrected chi connectivity index (χ4v) is 2.05. The molecule has 1 amide bonds. The molecule has 11 heteroatoms. The molecule has 3 aromatic rings. The highest BCUT2D eigenvalue weighted by molar-refractivity contribution is 5.89. The third-order valence-corrected chi connectivity index (χ3v) is 3.23. The number of carbonyl (C=O) groups excluding carboxylic acids is 1. The second-order valence-electron chi connectivity index (χ2n) is 5.08. The summed E-state index contributed by atoms with van der Waals surface area (Å²) in [6.07, 6.45) is 0.700. The van der Waals surface area contributed by atoms with Crippen LogP contribution in [-0.4, -0.2) is 35.4 Å². The zero-order valence-electron chi connectivity index (χ0n) is 12.9. The van der Waals surface area contributed by atoms with Gasteiger partial charge in [0.25, 0.3) is 0 Å². The molecule has 3 aromatic heterocycles. The van der Waals surface area contributed by atoms with Crippen LogP contribution in [0.1, 0.15) is 5.69 Å². The van der Waals surface area contributed by atoms with Crippen LogP contribution >= 0.6 is 0 Å². The lowest BCUT2D eigenvalue weighted by atomic mass is 10.3. The molecule has 1 N–H and O–H groups in total. The molecule has 130 valence electrons. The quantitative estimate of drug-likeness (QED) is 0.773. The summed E-state index contributed by atoms with van der Waals surface area (Å²) in [6.45, 7) is -0.121. The zero-order valence-corrected chi connectivity index (χ0v) is 12.9. The first-order valence-electron chi connectivity index (χ1n) is 7.04. The van der Waals surface area contributed by atoms with E-state index in [1.54, 1.807) is 13.1 Å². The number of aryl methyl sites for hydroxylation is 1. The molecule has 0 fully saturated rings. The van der Waals surface area contributed by atoms with Gasteiger partial charge in [-0.25, -0.2) is 9.97 Å². The van der Waals surface area contributed by atoms with Crippen LogP contribution in [0.5, 0.6) is 0 Å². The lowest BCUT2D eigenvalue weighted by Crippen LogP contribution is -2.20. The SMILES string of the molecule is Cn1nccc1NC(=O)Cn1cc(-c2nccc(C(F)(F)F)n2)cn1. The van der Waals surface area contributed by atoms with Crippen LogP contribution in [0.15, 0.2) is 36.9 Å². The van der Waals surface area contributed by atoms with Gasteiger partial charge in [0, 0.05) is 25.5 Å². The van der Waals surface area contributed by atoms with Gasteiger partial charge in [-0.05, 0) is 6.07 Å². The van der Waals surface area contributed by atoms with Crippen LogP contribution < -0.4 is 5.32 Å². The van der Waals surface area contributed by atoms with Crippen LogP contribution in [0.25, 0.3) is 11.4 Å². The minimum absolute atomic E-state index is 0.117. The third-order valence-electron chi connectivity index (χ3n) is 3.23. The molecule has 0 spiro atoms. The molecule has 0 saturated carbocycles. The maximum absolute atomic E-state index is 12.7. The fourth-order valence-electron chi connectivity index (χ4n) is 2.05. The van der Waals surface area contributed by atoms with Gasteiger partial charge in [-0.1, -0.05) is 0 Å². The van der Waals surface area contributed by atoms with Crippen molar-refractivity contribution in [2.75, 3.05) is 5.32 Å². The molecule has 25 heavy (non-hydrogen) atoms. The largest absolute Gasteiger partial charge is 0.433 e. The number of hydrogen-bond acceptors (Lipinski definition) is 5.